The maximum atomic E-state index is 13.7. The number of hydrogen-bond acceptors (Lipinski definition) is 2. The molecule has 0 unspecified atom stereocenters. The minimum atomic E-state index is -0.649. The molecule has 0 atom stereocenters. The second-order valence-corrected chi connectivity index (χ2v) is 6.66. The highest BCUT2D eigenvalue weighted by Gasteiger charge is 2.42. The highest BCUT2D eigenvalue weighted by molar-refractivity contribution is 5.89. The molecular weight excluding hydrogens is 295 g/mol. The zero-order valence-electron chi connectivity index (χ0n) is 13.8. The first-order chi connectivity index (χ1) is 10.9. The molecule has 1 fully saturated rings. The summed E-state index contributed by atoms with van der Waals surface area (Å²) in [6.45, 7) is 3.95. The minimum Gasteiger partial charge on any atom is -0.354 e. The molecular formula is C18H25FN2O2. The van der Waals surface area contributed by atoms with Gasteiger partial charge in [0, 0.05) is 24.6 Å². The summed E-state index contributed by atoms with van der Waals surface area (Å²) in [6, 6.07) is 6.45. The Morgan fingerprint density at radius 3 is 2.48 bits per heavy atom. The predicted octanol–water partition coefficient (Wildman–Crippen LogP) is 2.92. The van der Waals surface area contributed by atoms with Gasteiger partial charge >= 0.3 is 0 Å². The van der Waals surface area contributed by atoms with Crippen molar-refractivity contribution in [3.63, 3.8) is 0 Å². The Morgan fingerprint density at radius 1 is 1.22 bits per heavy atom. The lowest BCUT2D eigenvalue weighted by Crippen LogP contribution is -2.43. The van der Waals surface area contributed by atoms with Crippen molar-refractivity contribution in [2.75, 3.05) is 0 Å². The van der Waals surface area contributed by atoms with E-state index in [9.17, 15) is 14.0 Å². The monoisotopic (exact) mass is 320 g/mol. The van der Waals surface area contributed by atoms with Gasteiger partial charge in [-0.25, -0.2) is 4.39 Å². The van der Waals surface area contributed by atoms with Crippen molar-refractivity contribution >= 4 is 11.8 Å². The van der Waals surface area contributed by atoms with E-state index in [-0.39, 0.29) is 36.6 Å². The molecule has 1 aliphatic carbocycles. The van der Waals surface area contributed by atoms with Gasteiger partial charge in [-0.1, -0.05) is 31.0 Å². The second kappa shape index (κ2) is 7.57. The van der Waals surface area contributed by atoms with E-state index in [0.717, 1.165) is 12.8 Å². The van der Waals surface area contributed by atoms with E-state index in [2.05, 4.69) is 10.6 Å². The van der Waals surface area contributed by atoms with Crippen molar-refractivity contribution in [1.82, 2.24) is 10.6 Å². The van der Waals surface area contributed by atoms with Crippen LogP contribution >= 0.6 is 0 Å². The molecule has 2 rings (SSSR count). The van der Waals surface area contributed by atoms with Crippen LogP contribution in [0.5, 0.6) is 0 Å². The molecule has 0 aromatic heterocycles. The molecule has 1 aromatic carbocycles. The van der Waals surface area contributed by atoms with Crippen LogP contribution in [0.15, 0.2) is 24.3 Å². The molecule has 0 spiro atoms. The summed E-state index contributed by atoms with van der Waals surface area (Å²) in [5.74, 6) is -0.564. The van der Waals surface area contributed by atoms with Gasteiger partial charge in [0.1, 0.15) is 5.82 Å². The molecule has 0 aliphatic heterocycles. The van der Waals surface area contributed by atoms with Gasteiger partial charge in [-0.05, 0) is 32.8 Å². The Balaban J connectivity index is 2.01. The second-order valence-electron chi connectivity index (χ2n) is 6.66. The van der Waals surface area contributed by atoms with Crippen LogP contribution in [0.3, 0.4) is 0 Å². The fraction of sp³-hybridized carbons (Fsp3) is 0.556. The van der Waals surface area contributed by atoms with Crippen LogP contribution in [0.2, 0.25) is 0 Å². The predicted molar refractivity (Wildman–Crippen MR) is 87.0 cm³/mol. The molecule has 1 aromatic rings. The van der Waals surface area contributed by atoms with Crippen LogP contribution in [-0.4, -0.2) is 17.9 Å². The Bertz CT molecular complexity index is 566. The first-order valence-corrected chi connectivity index (χ1v) is 8.24. The Hall–Kier alpha value is -1.91. The van der Waals surface area contributed by atoms with Crippen molar-refractivity contribution in [3.8, 4) is 0 Å². The van der Waals surface area contributed by atoms with E-state index < -0.39 is 5.41 Å². The third kappa shape index (κ3) is 4.53. The van der Waals surface area contributed by atoms with Crippen LogP contribution in [0.1, 0.15) is 51.5 Å². The van der Waals surface area contributed by atoms with Gasteiger partial charge in [0.05, 0.1) is 5.41 Å². The molecule has 126 valence electrons. The quantitative estimate of drug-likeness (QED) is 0.847. The van der Waals surface area contributed by atoms with Crippen LogP contribution in [-0.2, 0) is 16.1 Å². The number of halogens is 1. The van der Waals surface area contributed by atoms with Gasteiger partial charge in [-0.2, -0.15) is 0 Å². The number of amides is 2. The molecule has 1 saturated carbocycles. The normalized spacial score (nSPS) is 16.3. The Labute approximate surface area is 136 Å². The van der Waals surface area contributed by atoms with Crippen LogP contribution in [0.4, 0.5) is 4.39 Å². The topological polar surface area (TPSA) is 58.2 Å². The number of carbonyl (C=O) groups is 2. The van der Waals surface area contributed by atoms with Crippen molar-refractivity contribution in [1.29, 1.82) is 0 Å². The third-order valence-electron chi connectivity index (χ3n) is 4.39. The number of rotatable bonds is 6. The summed E-state index contributed by atoms with van der Waals surface area (Å²) < 4.78 is 13.7. The molecule has 1 aliphatic rings. The van der Waals surface area contributed by atoms with Crippen LogP contribution < -0.4 is 10.6 Å². The summed E-state index contributed by atoms with van der Waals surface area (Å²) in [6.07, 6.45) is 3.52. The number of carbonyl (C=O) groups excluding carboxylic acids is 2. The molecule has 4 nitrogen and oxygen atoms in total. The average Bonchev–Trinajstić information content (AvgIpc) is 2.94. The van der Waals surface area contributed by atoms with E-state index in [1.807, 2.05) is 13.8 Å². The Kier molecular flexibility index (Phi) is 5.74. The van der Waals surface area contributed by atoms with Crippen LogP contribution in [0, 0.1) is 11.2 Å². The van der Waals surface area contributed by atoms with E-state index >= 15 is 0 Å². The van der Waals surface area contributed by atoms with Gasteiger partial charge in [-0.3, -0.25) is 9.59 Å². The zero-order valence-corrected chi connectivity index (χ0v) is 13.8. The van der Waals surface area contributed by atoms with Crippen molar-refractivity contribution in [2.45, 2.75) is 58.5 Å². The third-order valence-corrected chi connectivity index (χ3v) is 4.39. The van der Waals surface area contributed by atoms with E-state index in [4.69, 9.17) is 0 Å². The van der Waals surface area contributed by atoms with Gasteiger partial charge in [0.25, 0.3) is 0 Å². The summed E-state index contributed by atoms with van der Waals surface area (Å²) in [7, 11) is 0. The van der Waals surface area contributed by atoms with Gasteiger partial charge in [-0.15, -0.1) is 0 Å². The van der Waals surface area contributed by atoms with Crippen molar-refractivity contribution in [2.24, 2.45) is 5.41 Å². The fourth-order valence-corrected chi connectivity index (χ4v) is 3.22. The van der Waals surface area contributed by atoms with Gasteiger partial charge in [0.2, 0.25) is 11.8 Å². The van der Waals surface area contributed by atoms with Crippen molar-refractivity contribution < 1.29 is 14.0 Å². The average molecular weight is 320 g/mol. The van der Waals surface area contributed by atoms with Crippen molar-refractivity contribution in [3.05, 3.63) is 35.6 Å². The van der Waals surface area contributed by atoms with Gasteiger partial charge < -0.3 is 10.6 Å². The molecule has 0 bridgehead atoms. The lowest BCUT2D eigenvalue weighted by Gasteiger charge is -2.27. The fourth-order valence-electron chi connectivity index (χ4n) is 3.22. The zero-order chi connectivity index (χ0) is 16.9. The smallest absolute Gasteiger partial charge is 0.227 e. The Morgan fingerprint density at radius 2 is 1.87 bits per heavy atom. The molecule has 0 saturated heterocycles. The molecule has 2 amide bonds. The molecule has 0 radical (unpaired) electrons. The lowest BCUT2D eigenvalue weighted by molar-refractivity contribution is -0.136. The highest BCUT2D eigenvalue weighted by Crippen LogP contribution is 2.41. The number of nitrogens with one attached hydrogen (secondary N) is 2. The SMILES string of the molecule is CC(C)NC(=O)CC1(C(=O)NCc2ccccc2F)CCCC1. The summed E-state index contributed by atoms with van der Waals surface area (Å²) in [5.41, 5.74) is -0.190. The highest BCUT2D eigenvalue weighted by atomic mass is 19.1. The first-order valence-electron chi connectivity index (χ1n) is 8.24. The summed E-state index contributed by atoms with van der Waals surface area (Å²) in [5, 5.41) is 5.68. The maximum Gasteiger partial charge on any atom is 0.227 e. The molecule has 5 heteroatoms. The summed E-state index contributed by atoms with van der Waals surface area (Å²) >= 11 is 0. The number of hydrogen-bond donors (Lipinski definition) is 2. The largest absolute Gasteiger partial charge is 0.354 e. The van der Waals surface area contributed by atoms with E-state index in [1.54, 1.807) is 18.2 Å². The molecule has 2 N–H and O–H groups in total. The summed E-state index contributed by atoms with van der Waals surface area (Å²) in [4.78, 5) is 24.8. The minimum absolute atomic E-state index is 0.0578. The molecule has 23 heavy (non-hydrogen) atoms. The van der Waals surface area contributed by atoms with E-state index in [1.165, 1.54) is 6.07 Å². The van der Waals surface area contributed by atoms with Gasteiger partial charge in [0.15, 0.2) is 0 Å². The number of benzene rings is 1. The standard InChI is InChI=1S/C18H25FN2O2/c1-13(2)21-16(22)11-18(9-5-6-10-18)17(23)20-12-14-7-3-4-8-15(14)19/h3-4,7-8,13H,5-6,9-12H2,1-2H3,(H,20,23)(H,21,22). The first kappa shape index (κ1) is 17.4. The lowest BCUT2D eigenvalue weighted by atomic mass is 9.81. The maximum absolute atomic E-state index is 13.7. The van der Waals surface area contributed by atoms with Crippen LogP contribution in [0.25, 0.3) is 0 Å². The molecule has 0 heterocycles. The van der Waals surface area contributed by atoms with E-state index in [0.29, 0.717) is 18.4 Å².